The molecule has 0 amide bonds. The van der Waals surface area contributed by atoms with Crippen molar-refractivity contribution in [1.82, 2.24) is 29.9 Å². The van der Waals surface area contributed by atoms with Crippen molar-refractivity contribution in [3.63, 3.8) is 0 Å². The molecule has 0 saturated heterocycles. The lowest BCUT2D eigenvalue weighted by Gasteiger charge is -2.14. The molecule has 0 bridgehead atoms. The second kappa shape index (κ2) is 8.99. The number of para-hydroxylation sites is 1. The highest BCUT2D eigenvalue weighted by Gasteiger charge is 2.23. The summed E-state index contributed by atoms with van der Waals surface area (Å²) >= 11 is 1.53. The molecule has 33 heavy (non-hydrogen) atoms. The molecule has 3 heterocycles. The highest BCUT2D eigenvalue weighted by molar-refractivity contribution is 7.99. The molecule has 0 aliphatic heterocycles. The summed E-state index contributed by atoms with van der Waals surface area (Å²) < 4.78 is 8.05. The largest absolute Gasteiger partial charge is 0.419 e. The van der Waals surface area contributed by atoms with Crippen LogP contribution in [-0.2, 0) is 0 Å². The number of hydrogen-bond acceptors (Lipinski definition) is 7. The van der Waals surface area contributed by atoms with Crippen molar-refractivity contribution in [1.29, 1.82) is 0 Å². The number of hydrogen-bond donors (Lipinski definition) is 0. The topological polar surface area (TPSA) is 82.5 Å². The molecular weight excluding hydrogens is 432 g/mol. The van der Waals surface area contributed by atoms with Gasteiger partial charge in [0.1, 0.15) is 0 Å². The maximum Gasteiger partial charge on any atom is 0.247 e. The van der Waals surface area contributed by atoms with E-state index in [4.69, 9.17) is 4.42 Å². The molecule has 0 N–H and O–H groups in total. The lowest BCUT2D eigenvalue weighted by Crippen LogP contribution is -2.03. The van der Waals surface area contributed by atoms with Crippen LogP contribution in [0.1, 0.15) is 29.2 Å². The van der Waals surface area contributed by atoms with Gasteiger partial charge in [-0.1, -0.05) is 47.7 Å². The number of pyridine rings is 1. The summed E-state index contributed by atoms with van der Waals surface area (Å²) in [7, 11) is 0. The zero-order valence-electron chi connectivity index (χ0n) is 18.5. The average molecular weight is 455 g/mol. The van der Waals surface area contributed by atoms with Crippen molar-refractivity contribution in [2.75, 3.05) is 0 Å². The van der Waals surface area contributed by atoms with Crippen molar-refractivity contribution >= 4 is 11.8 Å². The summed E-state index contributed by atoms with van der Waals surface area (Å²) in [6, 6.07) is 20.1. The predicted octanol–water partition coefficient (Wildman–Crippen LogP) is 5.85. The zero-order valence-corrected chi connectivity index (χ0v) is 19.3. The van der Waals surface area contributed by atoms with Crippen LogP contribution in [-0.4, -0.2) is 29.9 Å². The Bertz CT molecular complexity index is 1380. The third-order valence-corrected chi connectivity index (χ3v) is 6.31. The maximum absolute atomic E-state index is 5.99. The minimum atomic E-state index is -0.120. The van der Waals surface area contributed by atoms with Gasteiger partial charge in [-0.25, -0.2) is 0 Å². The molecule has 3 aromatic heterocycles. The third-order valence-electron chi connectivity index (χ3n) is 5.28. The fourth-order valence-electron chi connectivity index (χ4n) is 3.48. The Labute approximate surface area is 195 Å². The molecule has 5 rings (SSSR count). The molecule has 0 fully saturated rings. The molecule has 0 aliphatic rings. The lowest BCUT2D eigenvalue weighted by molar-refractivity contribution is 0.509. The summed E-state index contributed by atoms with van der Waals surface area (Å²) in [5.41, 5.74) is 5.12. The summed E-state index contributed by atoms with van der Waals surface area (Å²) in [4.78, 5) is 4.25. The second-order valence-corrected chi connectivity index (χ2v) is 9.05. The first-order valence-corrected chi connectivity index (χ1v) is 11.5. The van der Waals surface area contributed by atoms with Crippen LogP contribution in [0.4, 0.5) is 0 Å². The summed E-state index contributed by atoms with van der Waals surface area (Å²) in [6.07, 6.45) is 3.54. The van der Waals surface area contributed by atoms with Crippen LogP contribution in [0.5, 0.6) is 0 Å². The van der Waals surface area contributed by atoms with Crippen molar-refractivity contribution < 1.29 is 4.42 Å². The number of thioether (sulfide) groups is 1. The van der Waals surface area contributed by atoms with Crippen LogP contribution in [0.25, 0.3) is 28.5 Å². The molecule has 0 aliphatic carbocycles. The first kappa shape index (κ1) is 21.1. The molecule has 0 saturated carbocycles. The monoisotopic (exact) mass is 454 g/mol. The van der Waals surface area contributed by atoms with E-state index in [-0.39, 0.29) is 5.25 Å². The van der Waals surface area contributed by atoms with Crippen LogP contribution >= 0.6 is 11.8 Å². The molecule has 164 valence electrons. The Morgan fingerprint density at radius 3 is 2.42 bits per heavy atom. The van der Waals surface area contributed by atoms with Gasteiger partial charge in [-0.05, 0) is 56.7 Å². The molecule has 7 nitrogen and oxygen atoms in total. The van der Waals surface area contributed by atoms with E-state index >= 15 is 0 Å². The number of benzene rings is 2. The summed E-state index contributed by atoms with van der Waals surface area (Å²) in [6.45, 7) is 6.15. The SMILES string of the molecule is Cc1ccc(-c2nnc(C(C)Sc3nnc(-c4cccnc4)n3-c3ccccc3C)o2)cc1. The van der Waals surface area contributed by atoms with Gasteiger partial charge in [0.2, 0.25) is 11.8 Å². The van der Waals surface area contributed by atoms with E-state index in [1.807, 2.05) is 62.4 Å². The van der Waals surface area contributed by atoms with E-state index in [9.17, 15) is 0 Å². The normalized spacial score (nSPS) is 12.1. The molecule has 0 spiro atoms. The minimum absolute atomic E-state index is 0.120. The van der Waals surface area contributed by atoms with Gasteiger partial charge in [0, 0.05) is 23.5 Å². The highest BCUT2D eigenvalue weighted by Crippen LogP contribution is 2.37. The Kier molecular flexibility index (Phi) is 5.75. The Hall–Kier alpha value is -3.78. The first-order chi connectivity index (χ1) is 16.1. The van der Waals surface area contributed by atoms with Crippen LogP contribution in [0.3, 0.4) is 0 Å². The first-order valence-electron chi connectivity index (χ1n) is 10.6. The summed E-state index contributed by atoms with van der Waals surface area (Å²) in [5.74, 6) is 1.78. The Morgan fingerprint density at radius 1 is 0.848 bits per heavy atom. The van der Waals surface area contributed by atoms with E-state index in [0.717, 1.165) is 33.4 Å². The van der Waals surface area contributed by atoms with Crippen molar-refractivity contribution in [3.8, 4) is 28.5 Å². The molecule has 5 aromatic rings. The van der Waals surface area contributed by atoms with E-state index in [2.05, 4.69) is 49.0 Å². The van der Waals surface area contributed by atoms with E-state index in [1.54, 1.807) is 12.4 Å². The van der Waals surface area contributed by atoms with Gasteiger partial charge in [-0.3, -0.25) is 9.55 Å². The van der Waals surface area contributed by atoms with Crippen molar-refractivity contribution in [3.05, 3.63) is 90.1 Å². The lowest BCUT2D eigenvalue weighted by atomic mass is 10.1. The number of aromatic nitrogens is 6. The predicted molar refractivity (Wildman–Crippen MR) is 128 cm³/mol. The summed E-state index contributed by atoms with van der Waals surface area (Å²) in [5, 5.41) is 18.2. The molecule has 1 unspecified atom stereocenters. The molecule has 8 heteroatoms. The zero-order chi connectivity index (χ0) is 22.8. The maximum atomic E-state index is 5.99. The van der Waals surface area contributed by atoms with Gasteiger partial charge in [-0.15, -0.1) is 20.4 Å². The van der Waals surface area contributed by atoms with E-state index in [1.165, 1.54) is 17.3 Å². The van der Waals surface area contributed by atoms with E-state index in [0.29, 0.717) is 11.8 Å². The second-order valence-electron chi connectivity index (χ2n) is 7.74. The fraction of sp³-hybridized carbons (Fsp3) is 0.160. The van der Waals surface area contributed by atoms with Crippen LogP contribution < -0.4 is 0 Å². The number of rotatable bonds is 6. The number of aryl methyl sites for hydroxylation is 2. The molecular formula is C25H22N6OS. The van der Waals surface area contributed by atoms with Gasteiger partial charge in [-0.2, -0.15) is 0 Å². The molecule has 0 radical (unpaired) electrons. The molecule has 1 atom stereocenters. The van der Waals surface area contributed by atoms with E-state index < -0.39 is 0 Å². The van der Waals surface area contributed by atoms with Crippen molar-refractivity contribution in [2.24, 2.45) is 0 Å². The van der Waals surface area contributed by atoms with Crippen LogP contribution in [0.2, 0.25) is 0 Å². The quantitative estimate of drug-likeness (QED) is 0.298. The van der Waals surface area contributed by atoms with Gasteiger partial charge < -0.3 is 4.42 Å². The van der Waals surface area contributed by atoms with Gasteiger partial charge in [0.15, 0.2) is 11.0 Å². The van der Waals surface area contributed by atoms with Crippen LogP contribution in [0, 0.1) is 13.8 Å². The smallest absolute Gasteiger partial charge is 0.247 e. The Morgan fingerprint density at radius 2 is 1.67 bits per heavy atom. The minimum Gasteiger partial charge on any atom is -0.419 e. The Balaban J connectivity index is 1.49. The van der Waals surface area contributed by atoms with Crippen molar-refractivity contribution in [2.45, 2.75) is 31.2 Å². The van der Waals surface area contributed by atoms with Gasteiger partial charge in [0.25, 0.3) is 0 Å². The van der Waals surface area contributed by atoms with Gasteiger partial charge in [0.05, 0.1) is 10.9 Å². The third kappa shape index (κ3) is 4.29. The van der Waals surface area contributed by atoms with Gasteiger partial charge >= 0.3 is 0 Å². The fourth-order valence-corrected chi connectivity index (χ4v) is 4.37. The average Bonchev–Trinajstić information content (AvgIpc) is 3.48. The highest BCUT2D eigenvalue weighted by atomic mass is 32.2. The number of nitrogens with zero attached hydrogens (tertiary/aromatic N) is 6. The molecule has 2 aromatic carbocycles. The standard InChI is InChI=1S/C25H22N6OS/c1-16-10-12-19(13-11-16)24-29-28-23(32-24)18(3)33-25-30-27-22(20-8-6-14-26-15-20)31(25)21-9-5-4-7-17(21)2/h4-15,18H,1-3H3. The van der Waals surface area contributed by atoms with Crippen LogP contribution in [0.15, 0.2) is 82.6 Å².